The van der Waals surface area contributed by atoms with Gasteiger partial charge in [0.15, 0.2) is 0 Å². The van der Waals surface area contributed by atoms with Crippen molar-refractivity contribution in [3.05, 3.63) is 95.1 Å². The Hall–Kier alpha value is -3.40. The predicted molar refractivity (Wildman–Crippen MR) is 136 cm³/mol. The topological polar surface area (TPSA) is 63.6 Å². The maximum Gasteiger partial charge on any atom is 0.338 e. The average molecular weight is 459 g/mol. The number of benzene rings is 3. The van der Waals surface area contributed by atoms with Crippen LogP contribution in [0.4, 0.5) is 0 Å². The molecule has 1 N–H and O–H groups in total. The molecule has 0 saturated heterocycles. The number of rotatable bonds is 6. The smallest absolute Gasteiger partial charge is 0.338 e. The second-order valence-electron chi connectivity index (χ2n) is 10.7. The molecule has 3 aromatic carbocycles. The summed E-state index contributed by atoms with van der Waals surface area (Å²) in [5.74, 6) is -1.94. The summed E-state index contributed by atoms with van der Waals surface area (Å²) in [4.78, 5) is 24.3. The zero-order chi connectivity index (χ0) is 25.1. The molecular weight excluding hydrogens is 424 g/mol. The molecule has 178 valence electrons. The minimum absolute atomic E-state index is 0.0994. The van der Waals surface area contributed by atoms with Gasteiger partial charge >= 0.3 is 11.9 Å². The van der Waals surface area contributed by atoms with Crippen LogP contribution in [0.25, 0.3) is 11.1 Å². The molecule has 0 aliphatic heterocycles. The Morgan fingerprint density at radius 2 is 1.26 bits per heavy atom. The van der Waals surface area contributed by atoms with Crippen LogP contribution in [0, 0.1) is 0 Å². The summed E-state index contributed by atoms with van der Waals surface area (Å²) in [7, 11) is 0. The standard InChI is InChI=1S/C30H34O4/c1-29(2,3)25-17-15-22(16-18-25)21-11-13-23(14-12-21)26(27(31)32)19-20-7-9-24(10-8-20)28(33)34-30(4,5)6/h7-18,26H,19H2,1-6H3,(H,31,32). The number of carbonyl (C=O) groups excluding carboxylic acids is 1. The van der Waals surface area contributed by atoms with Crippen LogP contribution in [0.15, 0.2) is 72.8 Å². The average Bonchev–Trinajstić information content (AvgIpc) is 2.76. The molecule has 0 saturated carbocycles. The van der Waals surface area contributed by atoms with Crippen molar-refractivity contribution in [1.82, 2.24) is 0 Å². The molecule has 4 nitrogen and oxygen atoms in total. The molecule has 0 heterocycles. The first kappa shape index (κ1) is 25.2. The second kappa shape index (κ2) is 9.84. The Labute approximate surface area is 202 Å². The maximum atomic E-state index is 12.2. The van der Waals surface area contributed by atoms with Crippen molar-refractivity contribution in [1.29, 1.82) is 0 Å². The number of carboxylic acid groups (broad SMARTS) is 1. The van der Waals surface area contributed by atoms with Crippen LogP contribution in [0.3, 0.4) is 0 Å². The molecule has 0 spiro atoms. The van der Waals surface area contributed by atoms with Crippen LogP contribution < -0.4 is 0 Å². The van der Waals surface area contributed by atoms with E-state index >= 15 is 0 Å². The zero-order valence-corrected chi connectivity index (χ0v) is 20.9. The minimum Gasteiger partial charge on any atom is -0.481 e. The molecule has 0 bridgehead atoms. The summed E-state index contributed by atoms with van der Waals surface area (Å²) in [5, 5.41) is 9.88. The Morgan fingerprint density at radius 3 is 1.71 bits per heavy atom. The molecule has 1 atom stereocenters. The number of ether oxygens (including phenoxy) is 1. The van der Waals surface area contributed by atoms with Crippen LogP contribution in [0.5, 0.6) is 0 Å². The van der Waals surface area contributed by atoms with Gasteiger partial charge < -0.3 is 9.84 Å². The highest BCUT2D eigenvalue weighted by Crippen LogP contribution is 2.28. The maximum absolute atomic E-state index is 12.2. The first-order valence-electron chi connectivity index (χ1n) is 11.6. The highest BCUT2D eigenvalue weighted by molar-refractivity contribution is 5.89. The molecule has 0 fully saturated rings. The van der Waals surface area contributed by atoms with Crippen LogP contribution in [0.2, 0.25) is 0 Å². The van der Waals surface area contributed by atoms with E-state index in [1.54, 1.807) is 24.3 Å². The van der Waals surface area contributed by atoms with Crippen LogP contribution in [-0.2, 0) is 21.4 Å². The van der Waals surface area contributed by atoms with Crippen molar-refractivity contribution in [3.63, 3.8) is 0 Å². The lowest BCUT2D eigenvalue weighted by Gasteiger charge is -2.19. The van der Waals surface area contributed by atoms with Crippen molar-refractivity contribution in [3.8, 4) is 11.1 Å². The van der Waals surface area contributed by atoms with Gasteiger partial charge in [-0.1, -0.05) is 81.4 Å². The minimum atomic E-state index is -0.876. The monoisotopic (exact) mass is 458 g/mol. The highest BCUT2D eigenvalue weighted by Gasteiger charge is 2.22. The first-order chi connectivity index (χ1) is 15.8. The van der Waals surface area contributed by atoms with E-state index in [4.69, 9.17) is 4.74 Å². The van der Waals surface area contributed by atoms with Gasteiger partial charge in [0.05, 0.1) is 11.5 Å². The molecule has 3 rings (SSSR count). The van der Waals surface area contributed by atoms with Gasteiger partial charge in [-0.2, -0.15) is 0 Å². The van der Waals surface area contributed by atoms with Gasteiger partial charge in [0.2, 0.25) is 0 Å². The third-order valence-corrected chi connectivity index (χ3v) is 5.72. The molecule has 3 aromatic rings. The van der Waals surface area contributed by atoms with Gasteiger partial charge in [0, 0.05) is 0 Å². The molecule has 0 aromatic heterocycles. The number of hydrogen-bond acceptors (Lipinski definition) is 3. The van der Waals surface area contributed by atoms with Crippen molar-refractivity contribution in [2.24, 2.45) is 0 Å². The summed E-state index contributed by atoms with van der Waals surface area (Å²) in [6.07, 6.45) is 0.337. The van der Waals surface area contributed by atoms with Gasteiger partial charge in [-0.25, -0.2) is 4.79 Å². The van der Waals surface area contributed by atoms with E-state index in [1.165, 1.54) is 5.56 Å². The number of aliphatic carboxylic acids is 1. The fourth-order valence-corrected chi connectivity index (χ4v) is 3.77. The zero-order valence-electron chi connectivity index (χ0n) is 20.9. The molecule has 1 unspecified atom stereocenters. The van der Waals surface area contributed by atoms with Gasteiger partial charge in [-0.3, -0.25) is 4.79 Å². The van der Waals surface area contributed by atoms with Gasteiger partial charge in [-0.15, -0.1) is 0 Å². The second-order valence-corrected chi connectivity index (χ2v) is 10.7. The van der Waals surface area contributed by atoms with E-state index in [2.05, 4.69) is 45.0 Å². The SMILES string of the molecule is CC(C)(C)OC(=O)c1ccc(CC(C(=O)O)c2ccc(-c3ccc(C(C)(C)C)cc3)cc2)cc1. The summed E-state index contributed by atoms with van der Waals surface area (Å²) >= 11 is 0. The fraction of sp³-hybridized carbons (Fsp3) is 0.333. The molecule has 0 aliphatic rings. The Balaban J connectivity index is 1.74. The lowest BCUT2D eigenvalue weighted by Crippen LogP contribution is -2.23. The van der Waals surface area contributed by atoms with Crippen molar-refractivity contribution < 1.29 is 19.4 Å². The number of carbonyl (C=O) groups is 2. The van der Waals surface area contributed by atoms with E-state index in [0.717, 1.165) is 22.3 Å². The predicted octanol–water partition coefficient (Wildman–Crippen LogP) is 7.02. The fourth-order valence-electron chi connectivity index (χ4n) is 3.77. The third-order valence-electron chi connectivity index (χ3n) is 5.72. The van der Waals surface area contributed by atoms with E-state index in [0.29, 0.717) is 12.0 Å². The lowest BCUT2D eigenvalue weighted by molar-refractivity contribution is -0.138. The van der Waals surface area contributed by atoms with Gasteiger partial charge in [0.25, 0.3) is 0 Å². The Bertz CT molecular complexity index is 1130. The summed E-state index contributed by atoms with van der Waals surface area (Å²) < 4.78 is 5.39. The highest BCUT2D eigenvalue weighted by atomic mass is 16.6. The summed E-state index contributed by atoms with van der Waals surface area (Å²) in [6.45, 7) is 12.0. The van der Waals surface area contributed by atoms with Crippen molar-refractivity contribution in [2.45, 2.75) is 64.9 Å². The van der Waals surface area contributed by atoms with E-state index < -0.39 is 17.5 Å². The van der Waals surface area contributed by atoms with Crippen LogP contribution in [0.1, 0.15) is 74.5 Å². The number of esters is 1. The van der Waals surface area contributed by atoms with Gasteiger partial charge in [-0.05, 0) is 72.6 Å². The lowest BCUT2D eigenvalue weighted by atomic mass is 9.86. The quantitative estimate of drug-likeness (QED) is 0.403. The van der Waals surface area contributed by atoms with Gasteiger partial charge in [0.1, 0.15) is 5.60 Å². The largest absolute Gasteiger partial charge is 0.481 e. The summed E-state index contributed by atoms with van der Waals surface area (Å²) in [5.41, 5.74) is 5.01. The molecule has 0 radical (unpaired) electrons. The molecular formula is C30H34O4. The normalized spacial score (nSPS) is 12.8. The summed E-state index contributed by atoms with van der Waals surface area (Å²) in [6, 6.07) is 23.2. The number of hydrogen-bond donors (Lipinski definition) is 1. The third kappa shape index (κ3) is 6.57. The van der Waals surface area contributed by atoms with Crippen LogP contribution in [-0.4, -0.2) is 22.6 Å². The van der Waals surface area contributed by atoms with E-state index in [1.807, 2.05) is 45.0 Å². The van der Waals surface area contributed by atoms with Crippen molar-refractivity contribution in [2.75, 3.05) is 0 Å². The Morgan fingerprint density at radius 1 is 0.765 bits per heavy atom. The molecule has 4 heteroatoms. The molecule has 34 heavy (non-hydrogen) atoms. The van der Waals surface area contributed by atoms with E-state index in [-0.39, 0.29) is 11.4 Å². The molecule has 0 amide bonds. The van der Waals surface area contributed by atoms with E-state index in [9.17, 15) is 14.7 Å². The van der Waals surface area contributed by atoms with Crippen LogP contribution >= 0.6 is 0 Å². The van der Waals surface area contributed by atoms with Crippen molar-refractivity contribution >= 4 is 11.9 Å². The first-order valence-corrected chi connectivity index (χ1v) is 11.6. The molecule has 0 aliphatic carbocycles. The number of carboxylic acids is 1. The Kier molecular flexibility index (Phi) is 7.30.